The first-order chi connectivity index (χ1) is 6.94. The summed E-state index contributed by atoms with van der Waals surface area (Å²) in [5.41, 5.74) is 0.706. The van der Waals surface area contributed by atoms with Gasteiger partial charge in [-0.25, -0.2) is 0 Å². The summed E-state index contributed by atoms with van der Waals surface area (Å²) in [6, 6.07) is 10.1. The second-order valence-corrected chi connectivity index (χ2v) is 5.74. The van der Waals surface area contributed by atoms with Crippen molar-refractivity contribution in [1.82, 2.24) is 0 Å². The molecule has 0 spiro atoms. The lowest BCUT2D eigenvalue weighted by molar-refractivity contribution is -0.000839. The Morgan fingerprint density at radius 1 is 1.20 bits per heavy atom. The summed E-state index contributed by atoms with van der Waals surface area (Å²) in [5.74, 6) is 0.342. The van der Waals surface area contributed by atoms with Crippen LogP contribution in [0.25, 0.3) is 0 Å². The van der Waals surface area contributed by atoms with Gasteiger partial charge >= 0.3 is 0 Å². The van der Waals surface area contributed by atoms with Gasteiger partial charge in [0.15, 0.2) is 0 Å². The van der Waals surface area contributed by atoms with Crippen LogP contribution in [0.4, 0.5) is 0 Å². The van der Waals surface area contributed by atoms with Crippen LogP contribution in [-0.4, -0.2) is 5.11 Å². The third kappa shape index (κ3) is 1.81. The summed E-state index contributed by atoms with van der Waals surface area (Å²) in [7, 11) is 0. The molecule has 1 heteroatoms. The number of aliphatic hydroxyl groups is 1. The fourth-order valence-corrected chi connectivity index (χ4v) is 3.09. The van der Waals surface area contributed by atoms with Crippen LogP contribution in [-0.2, 0) is 5.60 Å². The lowest BCUT2D eigenvalue weighted by Gasteiger charge is -2.29. The standard InChI is InChI=1S/C14H20O/c1-11-9-13(2,3)10-14(11,15)12-7-5-4-6-8-12/h4-8,11,15H,9-10H2,1-3H3/t11-,14+/m1/s1. The van der Waals surface area contributed by atoms with E-state index in [-0.39, 0.29) is 5.41 Å². The molecule has 0 heterocycles. The maximum Gasteiger partial charge on any atom is 0.0927 e. The van der Waals surface area contributed by atoms with E-state index in [0.717, 1.165) is 18.4 Å². The Hall–Kier alpha value is -0.820. The molecule has 2 atom stereocenters. The van der Waals surface area contributed by atoms with E-state index in [1.165, 1.54) is 0 Å². The molecule has 1 aliphatic rings. The van der Waals surface area contributed by atoms with Gasteiger partial charge in [0.1, 0.15) is 0 Å². The van der Waals surface area contributed by atoms with Crippen molar-refractivity contribution in [2.24, 2.45) is 11.3 Å². The Labute approximate surface area is 92.1 Å². The predicted octanol–water partition coefficient (Wildman–Crippen LogP) is 3.33. The Kier molecular flexibility index (Phi) is 2.38. The molecular formula is C14H20O. The minimum absolute atomic E-state index is 0.254. The van der Waals surface area contributed by atoms with Gasteiger partial charge in [0.25, 0.3) is 0 Å². The van der Waals surface area contributed by atoms with E-state index in [9.17, 15) is 5.11 Å². The molecule has 82 valence electrons. The molecule has 1 aromatic rings. The second-order valence-electron chi connectivity index (χ2n) is 5.74. The molecule has 1 nitrogen and oxygen atoms in total. The molecule has 1 N–H and O–H groups in total. The summed E-state index contributed by atoms with van der Waals surface area (Å²) in [6.45, 7) is 6.64. The smallest absolute Gasteiger partial charge is 0.0927 e. The van der Waals surface area contributed by atoms with E-state index >= 15 is 0 Å². The van der Waals surface area contributed by atoms with Gasteiger partial charge in [0, 0.05) is 0 Å². The van der Waals surface area contributed by atoms with Crippen LogP contribution in [0.5, 0.6) is 0 Å². The van der Waals surface area contributed by atoms with Crippen LogP contribution >= 0.6 is 0 Å². The monoisotopic (exact) mass is 204 g/mol. The molecular weight excluding hydrogens is 184 g/mol. The quantitative estimate of drug-likeness (QED) is 0.744. The first-order valence-corrected chi connectivity index (χ1v) is 5.72. The minimum atomic E-state index is -0.620. The summed E-state index contributed by atoms with van der Waals surface area (Å²) in [5, 5.41) is 10.8. The van der Waals surface area contributed by atoms with E-state index < -0.39 is 5.60 Å². The summed E-state index contributed by atoms with van der Waals surface area (Å²) >= 11 is 0. The largest absolute Gasteiger partial charge is 0.385 e. The maximum absolute atomic E-state index is 10.8. The molecule has 0 saturated heterocycles. The lowest BCUT2D eigenvalue weighted by Crippen LogP contribution is -2.28. The zero-order valence-electron chi connectivity index (χ0n) is 9.83. The van der Waals surface area contributed by atoms with Crippen LogP contribution in [0.15, 0.2) is 30.3 Å². The molecule has 0 amide bonds. The van der Waals surface area contributed by atoms with Crippen molar-refractivity contribution in [2.45, 2.75) is 39.2 Å². The molecule has 1 saturated carbocycles. The van der Waals surface area contributed by atoms with E-state index in [0.29, 0.717) is 5.92 Å². The number of hydrogen-bond acceptors (Lipinski definition) is 1. The third-order valence-corrected chi connectivity index (χ3v) is 3.70. The maximum atomic E-state index is 10.8. The molecule has 15 heavy (non-hydrogen) atoms. The molecule has 0 radical (unpaired) electrons. The first kappa shape index (κ1) is 10.7. The van der Waals surface area contributed by atoms with Crippen molar-refractivity contribution < 1.29 is 5.11 Å². The van der Waals surface area contributed by atoms with Gasteiger partial charge in [-0.1, -0.05) is 51.1 Å². The molecule has 0 aliphatic heterocycles. The number of hydrogen-bond donors (Lipinski definition) is 1. The summed E-state index contributed by atoms with van der Waals surface area (Å²) in [4.78, 5) is 0. The van der Waals surface area contributed by atoms with Gasteiger partial charge in [-0.05, 0) is 29.7 Å². The van der Waals surface area contributed by atoms with E-state index in [1.807, 2.05) is 30.3 Å². The Balaban J connectivity index is 2.36. The van der Waals surface area contributed by atoms with Gasteiger partial charge < -0.3 is 5.11 Å². The molecule has 0 unspecified atom stereocenters. The fourth-order valence-electron chi connectivity index (χ4n) is 3.09. The Morgan fingerprint density at radius 3 is 2.27 bits per heavy atom. The van der Waals surface area contributed by atoms with Crippen LogP contribution in [0, 0.1) is 11.3 Å². The van der Waals surface area contributed by atoms with Crippen molar-refractivity contribution in [3.63, 3.8) is 0 Å². The third-order valence-electron chi connectivity index (χ3n) is 3.70. The molecule has 1 aliphatic carbocycles. The highest BCUT2D eigenvalue weighted by Crippen LogP contribution is 2.52. The first-order valence-electron chi connectivity index (χ1n) is 5.72. The Bertz CT molecular complexity index is 342. The average Bonchev–Trinajstić information content (AvgIpc) is 2.38. The van der Waals surface area contributed by atoms with Crippen LogP contribution in [0.2, 0.25) is 0 Å². The van der Waals surface area contributed by atoms with Gasteiger partial charge in [-0.2, -0.15) is 0 Å². The zero-order chi connectivity index (χ0) is 11.1. The van der Waals surface area contributed by atoms with Crippen LogP contribution < -0.4 is 0 Å². The lowest BCUT2D eigenvalue weighted by atomic mass is 9.84. The van der Waals surface area contributed by atoms with Crippen molar-refractivity contribution in [2.75, 3.05) is 0 Å². The predicted molar refractivity (Wildman–Crippen MR) is 62.5 cm³/mol. The van der Waals surface area contributed by atoms with E-state index in [1.54, 1.807) is 0 Å². The highest BCUT2D eigenvalue weighted by molar-refractivity contribution is 5.25. The number of rotatable bonds is 1. The normalized spacial score (nSPS) is 34.3. The highest BCUT2D eigenvalue weighted by Gasteiger charge is 2.48. The van der Waals surface area contributed by atoms with Gasteiger partial charge in [0.2, 0.25) is 0 Å². The van der Waals surface area contributed by atoms with E-state index in [2.05, 4.69) is 20.8 Å². The summed E-state index contributed by atoms with van der Waals surface area (Å²) < 4.78 is 0. The van der Waals surface area contributed by atoms with Crippen molar-refractivity contribution in [3.8, 4) is 0 Å². The zero-order valence-corrected chi connectivity index (χ0v) is 9.83. The van der Waals surface area contributed by atoms with Crippen molar-refractivity contribution in [3.05, 3.63) is 35.9 Å². The van der Waals surface area contributed by atoms with Gasteiger partial charge in [0.05, 0.1) is 5.60 Å². The SMILES string of the molecule is C[C@@H]1CC(C)(C)C[C@@]1(O)c1ccccc1. The minimum Gasteiger partial charge on any atom is -0.385 e. The Morgan fingerprint density at radius 2 is 1.80 bits per heavy atom. The second kappa shape index (κ2) is 3.34. The highest BCUT2D eigenvalue weighted by atomic mass is 16.3. The average molecular weight is 204 g/mol. The topological polar surface area (TPSA) is 20.2 Å². The summed E-state index contributed by atoms with van der Waals surface area (Å²) in [6.07, 6.45) is 1.96. The number of benzene rings is 1. The van der Waals surface area contributed by atoms with Crippen LogP contribution in [0.3, 0.4) is 0 Å². The molecule has 2 rings (SSSR count). The molecule has 1 aromatic carbocycles. The van der Waals surface area contributed by atoms with Gasteiger partial charge in [-0.3, -0.25) is 0 Å². The van der Waals surface area contributed by atoms with Crippen molar-refractivity contribution in [1.29, 1.82) is 0 Å². The van der Waals surface area contributed by atoms with E-state index in [4.69, 9.17) is 0 Å². The van der Waals surface area contributed by atoms with Crippen LogP contribution in [0.1, 0.15) is 39.2 Å². The van der Waals surface area contributed by atoms with Crippen molar-refractivity contribution >= 4 is 0 Å². The van der Waals surface area contributed by atoms with Gasteiger partial charge in [-0.15, -0.1) is 0 Å². The molecule has 0 aromatic heterocycles. The fraction of sp³-hybridized carbons (Fsp3) is 0.571. The molecule has 0 bridgehead atoms. The molecule has 1 fully saturated rings.